The molecule has 5 aromatic rings. The van der Waals surface area contributed by atoms with E-state index < -0.39 is 0 Å². The minimum absolute atomic E-state index is 0.157. The molecule has 0 aliphatic heterocycles. The minimum atomic E-state index is -0.223. The van der Waals surface area contributed by atoms with Crippen LogP contribution in [0.25, 0.3) is 38.6 Å². The van der Waals surface area contributed by atoms with Gasteiger partial charge in [0.25, 0.3) is 5.56 Å². The average Bonchev–Trinajstić information content (AvgIpc) is 2.98. The van der Waals surface area contributed by atoms with Crippen LogP contribution in [0.15, 0.2) is 109 Å². The standard InChI is InChI=1S/C28H21N3O2.2C2H6/c1-3-26(32)30(2)22-10-7-11-23(17-22)31-27(33)15-13-21-18-29-25-14-12-20(16-24(25)28(21)31)19-8-5-4-6-9-19;2*1-2/h3-18H,1H2,2H3;2*1-2H3. The summed E-state index contributed by atoms with van der Waals surface area (Å²) in [4.78, 5) is 31.4. The van der Waals surface area contributed by atoms with Crippen molar-refractivity contribution in [2.45, 2.75) is 27.7 Å². The van der Waals surface area contributed by atoms with Gasteiger partial charge in [-0.25, -0.2) is 0 Å². The fourth-order valence-electron chi connectivity index (χ4n) is 4.08. The van der Waals surface area contributed by atoms with Gasteiger partial charge in [0.05, 0.1) is 16.7 Å². The van der Waals surface area contributed by atoms with Crippen molar-refractivity contribution in [3.05, 3.63) is 114 Å². The zero-order chi connectivity index (χ0) is 26.9. The van der Waals surface area contributed by atoms with E-state index in [2.05, 4.69) is 29.8 Å². The van der Waals surface area contributed by atoms with Gasteiger partial charge in [-0.15, -0.1) is 0 Å². The fraction of sp³-hybridized carbons (Fsp3) is 0.156. The van der Waals surface area contributed by atoms with Gasteiger partial charge in [-0.3, -0.25) is 19.1 Å². The summed E-state index contributed by atoms with van der Waals surface area (Å²) >= 11 is 0. The first kappa shape index (κ1) is 27.1. The van der Waals surface area contributed by atoms with Gasteiger partial charge in [0.1, 0.15) is 0 Å². The molecule has 0 aliphatic carbocycles. The van der Waals surface area contributed by atoms with E-state index in [4.69, 9.17) is 0 Å². The third kappa shape index (κ3) is 5.51. The molecule has 0 spiro atoms. The lowest BCUT2D eigenvalue weighted by Crippen LogP contribution is -2.24. The van der Waals surface area contributed by atoms with Crippen molar-refractivity contribution >= 4 is 33.4 Å². The molecule has 5 nitrogen and oxygen atoms in total. The molecule has 0 bridgehead atoms. The molecule has 5 heteroatoms. The number of aromatic nitrogens is 2. The predicted octanol–water partition coefficient (Wildman–Crippen LogP) is 7.41. The maximum Gasteiger partial charge on any atom is 0.255 e. The second-order valence-corrected chi connectivity index (χ2v) is 7.79. The van der Waals surface area contributed by atoms with E-state index in [1.54, 1.807) is 29.9 Å². The van der Waals surface area contributed by atoms with E-state index in [1.807, 2.05) is 82.3 Å². The molecule has 0 unspecified atom stereocenters. The molecule has 37 heavy (non-hydrogen) atoms. The molecule has 0 saturated carbocycles. The second kappa shape index (κ2) is 12.5. The molecule has 0 N–H and O–H groups in total. The lowest BCUT2D eigenvalue weighted by atomic mass is 10.0. The van der Waals surface area contributed by atoms with Crippen LogP contribution in [-0.2, 0) is 4.79 Å². The van der Waals surface area contributed by atoms with Gasteiger partial charge in [-0.2, -0.15) is 0 Å². The van der Waals surface area contributed by atoms with Crippen molar-refractivity contribution in [2.24, 2.45) is 0 Å². The number of pyridine rings is 2. The number of anilines is 1. The summed E-state index contributed by atoms with van der Waals surface area (Å²) in [5, 5.41) is 1.74. The second-order valence-electron chi connectivity index (χ2n) is 7.79. The maximum atomic E-state index is 13.1. The van der Waals surface area contributed by atoms with Crippen molar-refractivity contribution in [1.82, 2.24) is 9.55 Å². The van der Waals surface area contributed by atoms with Crippen molar-refractivity contribution in [2.75, 3.05) is 11.9 Å². The Morgan fingerprint density at radius 2 is 1.59 bits per heavy atom. The molecule has 3 aromatic carbocycles. The number of likely N-dealkylation sites (N-methyl/N-ethyl adjacent to an activating group) is 1. The number of hydrogen-bond donors (Lipinski definition) is 0. The summed E-state index contributed by atoms with van der Waals surface area (Å²) in [5.41, 5.74) is 4.90. The number of carbonyl (C=O) groups excluding carboxylic acids is 1. The number of rotatable bonds is 4. The van der Waals surface area contributed by atoms with Crippen LogP contribution in [0.5, 0.6) is 0 Å². The van der Waals surface area contributed by atoms with Crippen molar-refractivity contribution in [1.29, 1.82) is 0 Å². The Hall–Kier alpha value is -4.51. The molecule has 1 amide bonds. The molecule has 188 valence electrons. The number of hydrogen-bond acceptors (Lipinski definition) is 3. The van der Waals surface area contributed by atoms with Crippen LogP contribution in [0, 0.1) is 0 Å². The molecule has 2 heterocycles. The van der Waals surface area contributed by atoms with Gasteiger partial charge >= 0.3 is 0 Å². The Labute approximate surface area is 218 Å². The Bertz CT molecular complexity index is 1590. The van der Waals surface area contributed by atoms with E-state index in [-0.39, 0.29) is 11.5 Å². The highest BCUT2D eigenvalue weighted by Crippen LogP contribution is 2.30. The van der Waals surface area contributed by atoms with Gasteiger partial charge < -0.3 is 4.90 Å². The maximum absolute atomic E-state index is 13.1. The van der Waals surface area contributed by atoms with Gasteiger partial charge in [0.2, 0.25) is 5.91 Å². The fourth-order valence-corrected chi connectivity index (χ4v) is 4.08. The number of nitrogens with zero attached hydrogens (tertiary/aromatic N) is 3. The van der Waals surface area contributed by atoms with Crippen LogP contribution in [0.3, 0.4) is 0 Å². The lowest BCUT2D eigenvalue weighted by molar-refractivity contribution is -0.113. The number of amides is 1. The first-order chi connectivity index (χ1) is 18.1. The molecule has 0 aliphatic rings. The largest absolute Gasteiger partial charge is 0.312 e. The topological polar surface area (TPSA) is 55.2 Å². The van der Waals surface area contributed by atoms with Crippen LogP contribution in [0.2, 0.25) is 0 Å². The molecule has 2 aromatic heterocycles. The van der Waals surface area contributed by atoms with Gasteiger partial charge in [0.15, 0.2) is 0 Å². The lowest BCUT2D eigenvalue weighted by Gasteiger charge is -2.18. The molecular weight excluding hydrogens is 458 g/mol. The molecule has 5 rings (SSSR count). The van der Waals surface area contributed by atoms with Crippen LogP contribution in [0.1, 0.15) is 27.7 Å². The van der Waals surface area contributed by atoms with Crippen LogP contribution >= 0.6 is 0 Å². The third-order valence-corrected chi connectivity index (χ3v) is 5.80. The first-order valence-electron chi connectivity index (χ1n) is 12.6. The smallest absolute Gasteiger partial charge is 0.255 e. The average molecular weight is 492 g/mol. The molecule has 0 fully saturated rings. The van der Waals surface area contributed by atoms with E-state index in [9.17, 15) is 9.59 Å². The summed E-state index contributed by atoms with van der Waals surface area (Å²) in [6, 6.07) is 26.9. The molecular formula is C32H33N3O2. The Balaban J connectivity index is 0.000000907. The van der Waals surface area contributed by atoms with Gasteiger partial charge in [0, 0.05) is 35.8 Å². The zero-order valence-electron chi connectivity index (χ0n) is 22.1. The van der Waals surface area contributed by atoms with Crippen LogP contribution in [-0.4, -0.2) is 22.5 Å². The van der Waals surface area contributed by atoms with E-state index >= 15 is 0 Å². The Morgan fingerprint density at radius 3 is 2.30 bits per heavy atom. The summed E-state index contributed by atoms with van der Waals surface area (Å²) in [7, 11) is 1.68. The van der Waals surface area contributed by atoms with Gasteiger partial charge in [-0.05, 0) is 53.6 Å². The molecule has 0 atom stereocenters. The number of benzene rings is 3. The van der Waals surface area contributed by atoms with Crippen LogP contribution < -0.4 is 10.5 Å². The quantitative estimate of drug-likeness (QED) is 0.194. The highest BCUT2D eigenvalue weighted by atomic mass is 16.2. The third-order valence-electron chi connectivity index (χ3n) is 5.80. The normalized spacial score (nSPS) is 10.1. The Kier molecular flexibility index (Phi) is 9.11. The van der Waals surface area contributed by atoms with Gasteiger partial charge in [-0.1, -0.05) is 76.7 Å². The highest BCUT2D eigenvalue weighted by Gasteiger charge is 2.14. The minimum Gasteiger partial charge on any atom is -0.312 e. The van der Waals surface area contributed by atoms with E-state index in [0.717, 1.165) is 32.9 Å². The first-order valence-corrected chi connectivity index (χ1v) is 12.6. The molecule has 0 radical (unpaired) electrons. The SMILES string of the molecule is C=CC(=O)N(C)c1cccc(-n2c(=O)ccc3cnc4ccc(-c5ccccc5)cc4c32)c1.CC.CC. The van der Waals surface area contributed by atoms with Crippen molar-refractivity contribution in [3.63, 3.8) is 0 Å². The van der Waals surface area contributed by atoms with Crippen molar-refractivity contribution < 1.29 is 4.79 Å². The summed E-state index contributed by atoms with van der Waals surface area (Å²) in [5.74, 6) is -0.223. The number of fused-ring (bicyclic) bond motifs is 3. The monoisotopic (exact) mass is 491 g/mol. The number of carbonyl (C=O) groups is 1. The summed E-state index contributed by atoms with van der Waals surface area (Å²) < 4.78 is 1.68. The Morgan fingerprint density at radius 1 is 0.865 bits per heavy atom. The summed E-state index contributed by atoms with van der Waals surface area (Å²) in [6.07, 6.45) is 3.05. The molecule has 0 saturated heterocycles. The predicted molar refractivity (Wildman–Crippen MR) is 157 cm³/mol. The van der Waals surface area contributed by atoms with E-state index in [0.29, 0.717) is 11.4 Å². The highest BCUT2D eigenvalue weighted by molar-refractivity contribution is 6.05. The van der Waals surface area contributed by atoms with E-state index in [1.165, 1.54) is 11.0 Å². The summed E-state index contributed by atoms with van der Waals surface area (Å²) in [6.45, 7) is 11.6. The zero-order valence-corrected chi connectivity index (χ0v) is 22.1. The van der Waals surface area contributed by atoms with Crippen LogP contribution in [0.4, 0.5) is 5.69 Å². The van der Waals surface area contributed by atoms with Crippen molar-refractivity contribution in [3.8, 4) is 16.8 Å².